The van der Waals surface area contributed by atoms with Crippen molar-refractivity contribution in [1.29, 1.82) is 0 Å². The molecule has 1 atom stereocenters. The minimum Gasteiger partial charge on any atom is -0.448 e. The Balaban J connectivity index is 2.23. The first-order valence-corrected chi connectivity index (χ1v) is 5.68. The van der Waals surface area contributed by atoms with Gasteiger partial charge in [-0.15, -0.1) is 0 Å². The second-order valence-corrected chi connectivity index (χ2v) is 4.09. The molecule has 2 rings (SSSR count). The van der Waals surface area contributed by atoms with Gasteiger partial charge in [-0.25, -0.2) is 0 Å². The molecular formula is C13H14ClNO. The van der Waals surface area contributed by atoms with Crippen LogP contribution in [-0.4, -0.2) is 0 Å². The highest BCUT2D eigenvalue weighted by Crippen LogP contribution is 2.24. The molecule has 1 aromatic heterocycles. The van der Waals surface area contributed by atoms with Crippen LogP contribution in [0.25, 0.3) is 0 Å². The lowest BCUT2D eigenvalue weighted by atomic mass is 10.0. The first-order valence-electron chi connectivity index (χ1n) is 5.30. The zero-order chi connectivity index (χ0) is 11.5. The molecule has 0 aliphatic heterocycles. The fourth-order valence-corrected chi connectivity index (χ4v) is 1.77. The van der Waals surface area contributed by atoms with E-state index in [0.717, 1.165) is 12.0 Å². The highest BCUT2D eigenvalue weighted by molar-refractivity contribution is 6.28. The molecule has 1 aromatic carbocycles. The quantitative estimate of drug-likeness (QED) is 0.884. The number of rotatable bonds is 3. The molecule has 0 fully saturated rings. The molecule has 84 valence electrons. The Morgan fingerprint density at radius 2 is 1.88 bits per heavy atom. The van der Waals surface area contributed by atoms with Crippen LogP contribution in [-0.2, 0) is 6.42 Å². The van der Waals surface area contributed by atoms with Crippen LogP contribution >= 0.6 is 11.6 Å². The molecule has 2 aromatic rings. The SMILES string of the molecule is CCc1ccc(C(N)c2ccc(Cl)o2)cc1. The third-order valence-corrected chi connectivity index (χ3v) is 2.85. The zero-order valence-corrected chi connectivity index (χ0v) is 9.87. The van der Waals surface area contributed by atoms with Gasteiger partial charge in [0, 0.05) is 0 Å². The van der Waals surface area contributed by atoms with Crippen molar-refractivity contribution < 1.29 is 4.42 Å². The van der Waals surface area contributed by atoms with Crippen molar-refractivity contribution in [2.24, 2.45) is 5.73 Å². The Kier molecular flexibility index (Phi) is 3.32. The molecule has 0 bridgehead atoms. The van der Waals surface area contributed by atoms with E-state index in [1.165, 1.54) is 5.56 Å². The van der Waals surface area contributed by atoms with Gasteiger partial charge in [0.15, 0.2) is 5.22 Å². The average molecular weight is 236 g/mol. The second kappa shape index (κ2) is 4.73. The van der Waals surface area contributed by atoms with Crippen molar-refractivity contribution in [3.05, 3.63) is 58.5 Å². The first kappa shape index (κ1) is 11.2. The third kappa shape index (κ3) is 2.29. The summed E-state index contributed by atoms with van der Waals surface area (Å²) in [5.41, 5.74) is 8.40. The minimum atomic E-state index is -0.251. The standard InChI is InChI=1S/C13H14ClNO/c1-2-9-3-5-10(6-4-9)13(15)11-7-8-12(14)16-11/h3-8,13H,2,15H2,1H3. The molecule has 3 heteroatoms. The van der Waals surface area contributed by atoms with Crippen LogP contribution in [0, 0.1) is 0 Å². The largest absolute Gasteiger partial charge is 0.448 e. The van der Waals surface area contributed by atoms with E-state index in [1.807, 2.05) is 12.1 Å². The highest BCUT2D eigenvalue weighted by atomic mass is 35.5. The Hall–Kier alpha value is -1.25. The van der Waals surface area contributed by atoms with Crippen molar-refractivity contribution in [3.63, 3.8) is 0 Å². The Morgan fingerprint density at radius 1 is 1.19 bits per heavy atom. The number of aryl methyl sites for hydroxylation is 1. The van der Waals surface area contributed by atoms with Crippen LogP contribution < -0.4 is 5.73 Å². The van der Waals surface area contributed by atoms with Gasteiger partial charge in [0.05, 0.1) is 6.04 Å². The molecule has 0 saturated carbocycles. The van der Waals surface area contributed by atoms with Gasteiger partial charge >= 0.3 is 0 Å². The van der Waals surface area contributed by atoms with E-state index in [4.69, 9.17) is 21.8 Å². The summed E-state index contributed by atoms with van der Waals surface area (Å²) in [5, 5.41) is 0.371. The fraction of sp³-hybridized carbons (Fsp3) is 0.231. The molecule has 0 radical (unpaired) electrons. The lowest BCUT2D eigenvalue weighted by molar-refractivity contribution is 0.491. The normalized spacial score (nSPS) is 12.7. The van der Waals surface area contributed by atoms with E-state index >= 15 is 0 Å². The van der Waals surface area contributed by atoms with Crippen LogP contribution in [0.3, 0.4) is 0 Å². The molecule has 0 spiro atoms. The predicted molar refractivity (Wildman–Crippen MR) is 65.6 cm³/mol. The van der Waals surface area contributed by atoms with Gasteiger partial charge in [-0.1, -0.05) is 31.2 Å². The van der Waals surface area contributed by atoms with Crippen molar-refractivity contribution >= 4 is 11.6 Å². The van der Waals surface area contributed by atoms with Crippen LogP contribution in [0.5, 0.6) is 0 Å². The summed E-state index contributed by atoms with van der Waals surface area (Å²) in [7, 11) is 0. The summed E-state index contributed by atoms with van der Waals surface area (Å²) in [6.45, 7) is 2.13. The van der Waals surface area contributed by atoms with Crippen LogP contribution in [0.15, 0.2) is 40.8 Å². The van der Waals surface area contributed by atoms with E-state index in [9.17, 15) is 0 Å². The van der Waals surface area contributed by atoms with Crippen molar-refractivity contribution in [2.75, 3.05) is 0 Å². The average Bonchev–Trinajstić information content (AvgIpc) is 2.75. The number of nitrogens with two attached hydrogens (primary N) is 1. The molecule has 0 aliphatic carbocycles. The number of halogens is 1. The molecule has 0 amide bonds. The third-order valence-electron chi connectivity index (χ3n) is 2.65. The maximum atomic E-state index is 6.07. The van der Waals surface area contributed by atoms with E-state index in [-0.39, 0.29) is 6.04 Å². The second-order valence-electron chi connectivity index (χ2n) is 3.71. The Labute approximate surface area is 100 Å². The molecule has 1 unspecified atom stereocenters. The summed E-state index contributed by atoms with van der Waals surface area (Å²) >= 11 is 5.72. The van der Waals surface area contributed by atoms with E-state index < -0.39 is 0 Å². The van der Waals surface area contributed by atoms with Crippen molar-refractivity contribution in [2.45, 2.75) is 19.4 Å². The summed E-state index contributed by atoms with van der Waals surface area (Å²) in [5.74, 6) is 0.689. The van der Waals surface area contributed by atoms with Crippen LogP contribution in [0.4, 0.5) is 0 Å². The van der Waals surface area contributed by atoms with E-state index in [2.05, 4.69) is 19.1 Å². The van der Waals surface area contributed by atoms with Gasteiger partial charge in [-0.3, -0.25) is 0 Å². The van der Waals surface area contributed by atoms with Gasteiger partial charge in [0.1, 0.15) is 5.76 Å². The van der Waals surface area contributed by atoms with Gasteiger partial charge in [0.2, 0.25) is 0 Å². The lowest BCUT2D eigenvalue weighted by Crippen LogP contribution is -2.10. The molecular weight excluding hydrogens is 222 g/mol. The Morgan fingerprint density at radius 3 is 2.38 bits per heavy atom. The number of furan rings is 1. The monoisotopic (exact) mass is 235 g/mol. The lowest BCUT2D eigenvalue weighted by Gasteiger charge is -2.09. The molecule has 1 heterocycles. The molecule has 16 heavy (non-hydrogen) atoms. The summed E-state index contributed by atoms with van der Waals surface area (Å²) in [6.07, 6.45) is 1.03. The number of benzene rings is 1. The van der Waals surface area contributed by atoms with Gasteiger partial charge in [-0.05, 0) is 41.3 Å². The predicted octanol–water partition coefficient (Wildman–Crippen LogP) is 3.54. The number of hydrogen-bond donors (Lipinski definition) is 1. The summed E-state index contributed by atoms with van der Waals surface area (Å²) in [6, 6.07) is 11.5. The summed E-state index contributed by atoms with van der Waals surface area (Å²) in [4.78, 5) is 0. The molecule has 2 nitrogen and oxygen atoms in total. The minimum absolute atomic E-state index is 0.251. The van der Waals surface area contributed by atoms with Gasteiger partial charge < -0.3 is 10.2 Å². The topological polar surface area (TPSA) is 39.2 Å². The maximum absolute atomic E-state index is 6.07. The smallest absolute Gasteiger partial charge is 0.193 e. The first-order chi connectivity index (χ1) is 7.70. The van der Waals surface area contributed by atoms with E-state index in [1.54, 1.807) is 12.1 Å². The fourth-order valence-electron chi connectivity index (χ4n) is 1.62. The van der Waals surface area contributed by atoms with Crippen molar-refractivity contribution in [1.82, 2.24) is 0 Å². The molecule has 0 aliphatic rings. The maximum Gasteiger partial charge on any atom is 0.193 e. The highest BCUT2D eigenvalue weighted by Gasteiger charge is 2.12. The molecule has 0 saturated heterocycles. The van der Waals surface area contributed by atoms with Crippen LogP contribution in [0.2, 0.25) is 5.22 Å². The van der Waals surface area contributed by atoms with Gasteiger partial charge in [-0.2, -0.15) is 0 Å². The Bertz CT molecular complexity index is 461. The zero-order valence-electron chi connectivity index (χ0n) is 9.11. The van der Waals surface area contributed by atoms with Crippen LogP contribution in [0.1, 0.15) is 29.9 Å². The van der Waals surface area contributed by atoms with Crippen molar-refractivity contribution in [3.8, 4) is 0 Å². The summed E-state index contributed by atoms with van der Waals surface area (Å²) < 4.78 is 5.30. The van der Waals surface area contributed by atoms with E-state index in [0.29, 0.717) is 11.0 Å². The van der Waals surface area contributed by atoms with Gasteiger partial charge in [0.25, 0.3) is 0 Å². The molecule has 2 N–H and O–H groups in total. The number of hydrogen-bond acceptors (Lipinski definition) is 2.